The van der Waals surface area contributed by atoms with E-state index in [1.165, 1.54) is 0 Å². The fourth-order valence-corrected chi connectivity index (χ4v) is 3.53. The fraction of sp³-hybridized carbons (Fsp3) is 0.125. The molecular formula is C24H19Cl2NO4. The molecule has 7 heteroatoms. The number of nitrogens with zero attached hydrogens (tertiary/aromatic N) is 1. The van der Waals surface area contributed by atoms with Crippen molar-refractivity contribution in [3.05, 3.63) is 76.1 Å². The fourth-order valence-electron chi connectivity index (χ4n) is 3.20. The molecule has 0 spiro atoms. The monoisotopic (exact) mass is 455 g/mol. The highest BCUT2D eigenvalue weighted by Gasteiger charge is 2.11. The largest absolute Gasteiger partial charge is 0.497 e. The number of benzene rings is 3. The van der Waals surface area contributed by atoms with Crippen molar-refractivity contribution in [2.75, 3.05) is 21.3 Å². The molecule has 0 fully saturated rings. The van der Waals surface area contributed by atoms with E-state index in [1.54, 1.807) is 39.5 Å². The van der Waals surface area contributed by atoms with Gasteiger partial charge in [-0.05, 0) is 54.6 Å². The van der Waals surface area contributed by atoms with Crippen LogP contribution in [0.2, 0.25) is 10.0 Å². The van der Waals surface area contributed by atoms with E-state index < -0.39 is 0 Å². The molecule has 0 radical (unpaired) electrons. The number of methoxy groups -OCH3 is 3. The summed E-state index contributed by atoms with van der Waals surface area (Å²) in [5, 5.41) is 2.48. The van der Waals surface area contributed by atoms with E-state index in [-0.39, 0.29) is 0 Å². The molecule has 0 aliphatic heterocycles. The minimum absolute atomic E-state index is 0.494. The van der Waals surface area contributed by atoms with E-state index in [4.69, 9.17) is 46.8 Å². The third kappa shape index (κ3) is 4.33. The number of rotatable bonds is 5. The van der Waals surface area contributed by atoms with Crippen LogP contribution >= 0.6 is 23.2 Å². The summed E-state index contributed by atoms with van der Waals surface area (Å²) in [6.45, 7) is 0. The third-order valence-corrected chi connectivity index (χ3v) is 5.32. The third-order valence-electron chi connectivity index (χ3n) is 4.77. The maximum Gasteiger partial charge on any atom is 0.161 e. The van der Waals surface area contributed by atoms with Crippen molar-refractivity contribution in [3.8, 4) is 28.6 Å². The molecule has 0 aliphatic rings. The second-order valence-corrected chi connectivity index (χ2v) is 7.48. The van der Waals surface area contributed by atoms with Crippen molar-refractivity contribution in [1.82, 2.24) is 0 Å². The normalized spacial score (nSPS) is 11.6. The van der Waals surface area contributed by atoms with Crippen LogP contribution in [-0.4, -0.2) is 21.3 Å². The molecule has 0 atom stereocenters. The van der Waals surface area contributed by atoms with Crippen molar-refractivity contribution in [2.45, 2.75) is 0 Å². The zero-order valence-corrected chi connectivity index (χ0v) is 18.6. The van der Waals surface area contributed by atoms with Crippen molar-refractivity contribution in [3.63, 3.8) is 0 Å². The molecule has 1 aromatic heterocycles. The lowest BCUT2D eigenvalue weighted by molar-refractivity contribution is 0.355. The molecule has 4 aromatic rings. The minimum atomic E-state index is 0.494. The maximum absolute atomic E-state index is 6.35. The van der Waals surface area contributed by atoms with Crippen LogP contribution in [0.25, 0.3) is 22.3 Å². The minimum Gasteiger partial charge on any atom is -0.497 e. The second-order valence-electron chi connectivity index (χ2n) is 6.64. The van der Waals surface area contributed by atoms with E-state index in [1.807, 2.05) is 42.5 Å². The first-order valence-electron chi connectivity index (χ1n) is 9.36. The highest BCUT2D eigenvalue weighted by Crippen LogP contribution is 2.34. The first-order chi connectivity index (χ1) is 15.0. The topological polar surface area (TPSA) is 53.2 Å². The van der Waals surface area contributed by atoms with Gasteiger partial charge in [0.25, 0.3) is 0 Å². The summed E-state index contributed by atoms with van der Waals surface area (Å²) in [5.41, 5.74) is 2.01. The Kier molecular flexibility index (Phi) is 6.07. The summed E-state index contributed by atoms with van der Waals surface area (Å²) < 4.78 is 22.3. The van der Waals surface area contributed by atoms with Gasteiger partial charge in [-0.25, -0.2) is 4.99 Å². The molecule has 158 valence electrons. The Bertz CT molecular complexity index is 1330. The lowest BCUT2D eigenvalue weighted by Gasteiger charge is -2.10. The van der Waals surface area contributed by atoms with Gasteiger partial charge in [0.05, 0.1) is 37.4 Å². The predicted octanol–water partition coefficient (Wildman–Crippen LogP) is 6.66. The van der Waals surface area contributed by atoms with Crippen LogP contribution < -0.4 is 19.6 Å². The Morgan fingerprint density at radius 2 is 1.58 bits per heavy atom. The smallest absolute Gasteiger partial charge is 0.161 e. The summed E-state index contributed by atoms with van der Waals surface area (Å²) >= 11 is 12.5. The van der Waals surface area contributed by atoms with Gasteiger partial charge in [0.1, 0.15) is 17.1 Å². The molecular weight excluding hydrogens is 437 g/mol. The predicted molar refractivity (Wildman–Crippen MR) is 123 cm³/mol. The number of ether oxygens (including phenoxy) is 3. The first kappa shape index (κ1) is 21.1. The molecule has 0 bridgehead atoms. The summed E-state index contributed by atoms with van der Waals surface area (Å²) in [7, 11) is 4.80. The molecule has 0 unspecified atom stereocenters. The van der Waals surface area contributed by atoms with Gasteiger partial charge >= 0.3 is 0 Å². The van der Waals surface area contributed by atoms with Crippen LogP contribution in [0.3, 0.4) is 0 Å². The Morgan fingerprint density at radius 1 is 0.774 bits per heavy atom. The second kappa shape index (κ2) is 8.92. The van der Waals surface area contributed by atoms with Crippen LogP contribution in [0.15, 0.2) is 70.1 Å². The summed E-state index contributed by atoms with van der Waals surface area (Å²) in [6.07, 6.45) is 0. The Balaban J connectivity index is 2.00. The van der Waals surface area contributed by atoms with Crippen molar-refractivity contribution in [1.29, 1.82) is 0 Å². The summed E-state index contributed by atoms with van der Waals surface area (Å²) in [4.78, 5) is 4.78. The van der Waals surface area contributed by atoms with Crippen LogP contribution in [0.4, 0.5) is 5.69 Å². The SMILES string of the molecule is COc1ccc2oc(-c3ccc(OC)c(OC)c3)cc(=Nc3cc(Cl)ccc3Cl)c2c1. The Morgan fingerprint density at radius 3 is 2.32 bits per heavy atom. The van der Waals surface area contributed by atoms with Gasteiger partial charge in [0, 0.05) is 22.0 Å². The summed E-state index contributed by atoms with van der Waals surface area (Å²) in [6, 6.07) is 18.1. The number of fused-ring (bicyclic) bond motifs is 1. The molecule has 0 aliphatic carbocycles. The van der Waals surface area contributed by atoms with Crippen LogP contribution in [-0.2, 0) is 0 Å². The van der Waals surface area contributed by atoms with E-state index >= 15 is 0 Å². The van der Waals surface area contributed by atoms with Gasteiger partial charge in [-0.1, -0.05) is 23.2 Å². The Hall–Kier alpha value is -3.15. The molecule has 3 aromatic carbocycles. The average molecular weight is 456 g/mol. The maximum atomic E-state index is 6.35. The number of hydrogen-bond donors (Lipinski definition) is 0. The zero-order chi connectivity index (χ0) is 22.0. The molecule has 31 heavy (non-hydrogen) atoms. The lowest BCUT2D eigenvalue weighted by Crippen LogP contribution is -2.04. The van der Waals surface area contributed by atoms with Crippen LogP contribution in [0.1, 0.15) is 0 Å². The van der Waals surface area contributed by atoms with Crippen molar-refractivity contribution >= 4 is 39.9 Å². The molecule has 4 rings (SSSR count). The molecule has 0 amide bonds. The highest BCUT2D eigenvalue weighted by molar-refractivity contribution is 6.35. The van der Waals surface area contributed by atoms with Crippen molar-refractivity contribution in [2.24, 2.45) is 4.99 Å². The highest BCUT2D eigenvalue weighted by atomic mass is 35.5. The molecule has 0 saturated carbocycles. The molecule has 0 saturated heterocycles. The molecule has 0 N–H and O–H groups in total. The lowest BCUT2D eigenvalue weighted by atomic mass is 10.1. The summed E-state index contributed by atoms with van der Waals surface area (Å²) in [5.74, 6) is 2.53. The van der Waals surface area contributed by atoms with E-state index in [0.717, 1.165) is 10.9 Å². The van der Waals surface area contributed by atoms with E-state index in [2.05, 4.69) is 0 Å². The van der Waals surface area contributed by atoms with Crippen LogP contribution in [0.5, 0.6) is 17.2 Å². The zero-order valence-electron chi connectivity index (χ0n) is 17.1. The van der Waals surface area contributed by atoms with Gasteiger partial charge in [-0.2, -0.15) is 0 Å². The van der Waals surface area contributed by atoms with Crippen LogP contribution in [0, 0.1) is 0 Å². The standard InChI is InChI=1S/C24H19Cl2NO4/c1-28-16-6-9-21-17(12-16)19(27-20-11-15(25)5-7-18(20)26)13-23(31-21)14-4-8-22(29-2)24(10-14)30-3/h4-13H,1-3H3. The Labute approximate surface area is 189 Å². The molecule has 5 nitrogen and oxygen atoms in total. The van der Waals surface area contributed by atoms with Gasteiger partial charge in [-0.3, -0.25) is 0 Å². The average Bonchev–Trinajstić information content (AvgIpc) is 2.80. The van der Waals surface area contributed by atoms with Gasteiger partial charge in [0.2, 0.25) is 0 Å². The van der Waals surface area contributed by atoms with Crippen molar-refractivity contribution < 1.29 is 18.6 Å². The number of hydrogen-bond acceptors (Lipinski definition) is 5. The van der Waals surface area contributed by atoms with Gasteiger partial charge in [-0.15, -0.1) is 0 Å². The first-order valence-corrected chi connectivity index (χ1v) is 10.1. The van der Waals surface area contributed by atoms with Gasteiger partial charge in [0.15, 0.2) is 11.5 Å². The molecule has 1 heterocycles. The number of halogens is 2. The van der Waals surface area contributed by atoms with Gasteiger partial charge < -0.3 is 18.6 Å². The quantitative estimate of drug-likeness (QED) is 0.337. The van der Waals surface area contributed by atoms with E-state index in [0.29, 0.717) is 49.7 Å². The van der Waals surface area contributed by atoms with E-state index in [9.17, 15) is 0 Å².